The van der Waals surface area contributed by atoms with Crippen LogP contribution in [0.3, 0.4) is 0 Å². The summed E-state index contributed by atoms with van der Waals surface area (Å²) in [5, 5.41) is 5.02. The van der Waals surface area contributed by atoms with Gasteiger partial charge in [0.1, 0.15) is 0 Å². The summed E-state index contributed by atoms with van der Waals surface area (Å²) in [4.78, 5) is 2.53. The molecular weight excluding hydrogens is 346 g/mol. The Morgan fingerprint density at radius 2 is 1.93 bits per heavy atom. The summed E-state index contributed by atoms with van der Waals surface area (Å²) in [6.07, 6.45) is 3.42. The van der Waals surface area contributed by atoms with E-state index >= 15 is 0 Å². The molecule has 1 fully saturated rings. The van der Waals surface area contributed by atoms with Crippen molar-refractivity contribution < 1.29 is 4.74 Å². The third-order valence-corrected chi connectivity index (χ3v) is 5.61. The average Bonchev–Trinajstić information content (AvgIpc) is 3.32. The van der Waals surface area contributed by atoms with Crippen LogP contribution in [0, 0.1) is 19.8 Å². The zero-order chi connectivity index (χ0) is 19.5. The highest BCUT2D eigenvalue weighted by Gasteiger charge is 2.24. The summed E-state index contributed by atoms with van der Waals surface area (Å²) in [6, 6.07) is 17.1. The van der Waals surface area contributed by atoms with Gasteiger partial charge in [0.15, 0.2) is 0 Å². The van der Waals surface area contributed by atoms with Crippen molar-refractivity contribution in [2.75, 3.05) is 26.8 Å². The van der Waals surface area contributed by atoms with Crippen LogP contribution in [0.25, 0.3) is 16.9 Å². The summed E-state index contributed by atoms with van der Waals surface area (Å²) in [5.41, 5.74) is 7.18. The smallest absolute Gasteiger partial charge is 0.0972 e. The van der Waals surface area contributed by atoms with Gasteiger partial charge in [-0.2, -0.15) is 5.10 Å². The van der Waals surface area contributed by atoms with Gasteiger partial charge in [0.05, 0.1) is 18.0 Å². The van der Waals surface area contributed by atoms with Crippen LogP contribution >= 0.6 is 0 Å². The molecule has 1 saturated heterocycles. The molecule has 1 aliphatic heterocycles. The van der Waals surface area contributed by atoms with E-state index in [1.165, 1.54) is 28.7 Å². The Hall–Kier alpha value is -2.43. The van der Waals surface area contributed by atoms with Gasteiger partial charge in [0.2, 0.25) is 0 Å². The quantitative estimate of drug-likeness (QED) is 0.629. The number of nitrogens with zero attached hydrogens (tertiary/aromatic N) is 3. The van der Waals surface area contributed by atoms with E-state index in [4.69, 9.17) is 9.84 Å². The maximum atomic E-state index is 5.36. The molecule has 2 heterocycles. The SMILES string of the molecule is COCC1CCN(Cc2cn(-c3cc(C)ccc3C)nc2-c2ccccc2)C1. The monoisotopic (exact) mass is 375 g/mol. The lowest BCUT2D eigenvalue weighted by Gasteiger charge is -2.15. The Morgan fingerprint density at radius 1 is 1.11 bits per heavy atom. The van der Waals surface area contributed by atoms with Crippen molar-refractivity contribution in [3.63, 3.8) is 0 Å². The summed E-state index contributed by atoms with van der Waals surface area (Å²) in [6.45, 7) is 8.27. The van der Waals surface area contributed by atoms with Crippen molar-refractivity contribution >= 4 is 0 Å². The fourth-order valence-corrected chi connectivity index (χ4v) is 4.12. The molecule has 4 nitrogen and oxygen atoms in total. The maximum absolute atomic E-state index is 5.36. The zero-order valence-electron chi connectivity index (χ0n) is 17.1. The number of ether oxygens (including phenoxy) is 1. The van der Waals surface area contributed by atoms with Gasteiger partial charge in [-0.15, -0.1) is 0 Å². The fourth-order valence-electron chi connectivity index (χ4n) is 4.12. The summed E-state index contributed by atoms with van der Waals surface area (Å²) in [5.74, 6) is 0.638. The first-order chi connectivity index (χ1) is 13.6. The average molecular weight is 376 g/mol. The molecule has 0 N–H and O–H groups in total. The standard InChI is InChI=1S/C24H29N3O/c1-18-9-10-19(2)23(13-18)27-16-22(15-26-12-11-20(14-26)17-28-3)24(25-27)21-7-5-4-6-8-21/h4-10,13,16,20H,11-12,14-15,17H2,1-3H3. The molecule has 0 amide bonds. The summed E-state index contributed by atoms with van der Waals surface area (Å²) in [7, 11) is 1.80. The molecule has 0 saturated carbocycles. The number of likely N-dealkylation sites (tertiary alicyclic amines) is 1. The van der Waals surface area contributed by atoms with E-state index in [2.05, 4.69) is 78.2 Å². The third-order valence-electron chi connectivity index (χ3n) is 5.61. The maximum Gasteiger partial charge on any atom is 0.0972 e. The molecule has 1 atom stereocenters. The molecule has 28 heavy (non-hydrogen) atoms. The zero-order valence-corrected chi connectivity index (χ0v) is 17.1. The summed E-state index contributed by atoms with van der Waals surface area (Å²) >= 11 is 0. The van der Waals surface area contributed by atoms with E-state index in [0.29, 0.717) is 5.92 Å². The summed E-state index contributed by atoms with van der Waals surface area (Å²) < 4.78 is 7.42. The molecule has 146 valence electrons. The minimum absolute atomic E-state index is 0.638. The molecule has 0 radical (unpaired) electrons. The number of rotatable bonds is 6. The number of methoxy groups -OCH3 is 1. The van der Waals surface area contributed by atoms with Gasteiger partial charge in [-0.25, -0.2) is 4.68 Å². The second kappa shape index (κ2) is 8.29. The number of aryl methyl sites for hydroxylation is 2. The van der Waals surface area contributed by atoms with Crippen LogP contribution in [0.4, 0.5) is 0 Å². The molecule has 3 aromatic rings. The fraction of sp³-hybridized carbons (Fsp3) is 0.375. The molecule has 0 bridgehead atoms. The van der Waals surface area contributed by atoms with E-state index in [9.17, 15) is 0 Å². The second-order valence-corrected chi connectivity index (χ2v) is 7.95. The molecule has 4 heteroatoms. The molecule has 4 rings (SSSR count). The van der Waals surface area contributed by atoms with Crippen LogP contribution in [0.15, 0.2) is 54.7 Å². The van der Waals surface area contributed by atoms with Crippen LogP contribution < -0.4 is 0 Å². The number of aromatic nitrogens is 2. The minimum Gasteiger partial charge on any atom is -0.384 e. The first-order valence-electron chi connectivity index (χ1n) is 10.1. The lowest BCUT2D eigenvalue weighted by molar-refractivity contribution is 0.152. The Morgan fingerprint density at radius 3 is 2.71 bits per heavy atom. The van der Waals surface area contributed by atoms with E-state index in [-0.39, 0.29) is 0 Å². The topological polar surface area (TPSA) is 30.3 Å². The van der Waals surface area contributed by atoms with Crippen molar-refractivity contribution in [1.82, 2.24) is 14.7 Å². The molecule has 0 aliphatic carbocycles. The van der Waals surface area contributed by atoms with E-state index in [1.54, 1.807) is 7.11 Å². The Balaban J connectivity index is 1.68. The van der Waals surface area contributed by atoms with Crippen molar-refractivity contribution in [3.05, 3.63) is 71.4 Å². The minimum atomic E-state index is 0.638. The van der Waals surface area contributed by atoms with Crippen LogP contribution in [0.2, 0.25) is 0 Å². The van der Waals surface area contributed by atoms with Crippen LogP contribution in [-0.2, 0) is 11.3 Å². The molecule has 1 unspecified atom stereocenters. The van der Waals surface area contributed by atoms with Crippen molar-refractivity contribution in [2.45, 2.75) is 26.8 Å². The van der Waals surface area contributed by atoms with Crippen LogP contribution in [-0.4, -0.2) is 41.5 Å². The highest BCUT2D eigenvalue weighted by Crippen LogP contribution is 2.28. The van der Waals surface area contributed by atoms with Crippen molar-refractivity contribution in [3.8, 4) is 16.9 Å². The lowest BCUT2D eigenvalue weighted by atomic mass is 10.1. The molecular formula is C24H29N3O. The van der Waals surface area contributed by atoms with Crippen molar-refractivity contribution in [2.24, 2.45) is 5.92 Å². The normalized spacial score (nSPS) is 17.3. The number of benzene rings is 2. The van der Waals surface area contributed by atoms with Gasteiger partial charge < -0.3 is 4.74 Å². The predicted molar refractivity (Wildman–Crippen MR) is 114 cm³/mol. The van der Waals surface area contributed by atoms with Gasteiger partial charge in [-0.05, 0) is 49.9 Å². The molecule has 1 aliphatic rings. The van der Waals surface area contributed by atoms with Crippen LogP contribution in [0.1, 0.15) is 23.1 Å². The Labute approximate surface area is 167 Å². The van der Waals surface area contributed by atoms with Gasteiger partial charge in [0.25, 0.3) is 0 Å². The molecule has 0 spiro atoms. The van der Waals surface area contributed by atoms with Crippen molar-refractivity contribution in [1.29, 1.82) is 0 Å². The van der Waals surface area contributed by atoms with Gasteiger partial charge in [0, 0.05) is 37.5 Å². The molecule has 2 aromatic carbocycles. The van der Waals surface area contributed by atoms with Gasteiger partial charge >= 0.3 is 0 Å². The van der Waals surface area contributed by atoms with E-state index in [0.717, 1.165) is 37.6 Å². The Bertz CT molecular complexity index is 932. The first-order valence-corrected chi connectivity index (χ1v) is 10.1. The highest BCUT2D eigenvalue weighted by molar-refractivity contribution is 5.63. The Kier molecular flexibility index (Phi) is 5.60. The first kappa shape index (κ1) is 18.9. The third kappa shape index (κ3) is 4.03. The van der Waals surface area contributed by atoms with Gasteiger partial charge in [-0.3, -0.25) is 4.90 Å². The largest absolute Gasteiger partial charge is 0.384 e. The van der Waals surface area contributed by atoms with Gasteiger partial charge in [-0.1, -0.05) is 42.5 Å². The van der Waals surface area contributed by atoms with Crippen LogP contribution in [0.5, 0.6) is 0 Å². The number of hydrogen-bond donors (Lipinski definition) is 0. The highest BCUT2D eigenvalue weighted by atomic mass is 16.5. The predicted octanol–water partition coefficient (Wildman–Crippen LogP) is 4.62. The molecule has 1 aromatic heterocycles. The van der Waals surface area contributed by atoms with E-state index < -0.39 is 0 Å². The lowest BCUT2D eigenvalue weighted by Crippen LogP contribution is -2.21. The second-order valence-electron chi connectivity index (χ2n) is 7.95. The van der Waals surface area contributed by atoms with E-state index in [1.807, 2.05) is 0 Å². The number of hydrogen-bond acceptors (Lipinski definition) is 3.